The topological polar surface area (TPSA) is 28.2 Å². The van der Waals surface area contributed by atoms with Crippen molar-refractivity contribution in [1.82, 2.24) is 15.2 Å². The van der Waals surface area contributed by atoms with E-state index in [0.717, 1.165) is 24.6 Å². The smallest absolute Gasteiger partial charge is 0.168 e. The molecule has 1 aromatic heterocycles. The fourth-order valence-corrected chi connectivity index (χ4v) is 1.51. The first-order valence-corrected chi connectivity index (χ1v) is 6.02. The molecule has 0 saturated carbocycles. The van der Waals surface area contributed by atoms with Gasteiger partial charge in [-0.1, -0.05) is 13.3 Å². The summed E-state index contributed by atoms with van der Waals surface area (Å²) in [5.41, 5.74) is 1.22. The molecule has 0 amide bonds. The van der Waals surface area contributed by atoms with Gasteiger partial charge in [-0.05, 0) is 36.3 Å². The third kappa shape index (κ3) is 4.57. The van der Waals surface area contributed by atoms with Crippen LogP contribution in [-0.4, -0.2) is 28.6 Å². The van der Waals surface area contributed by atoms with Crippen molar-refractivity contribution < 1.29 is 0 Å². The summed E-state index contributed by atoms with van der Waals surface area (Å²) in [5, 5.41) is 4.06. The van der Waals surface area contributed by atoms with E-state index in [2.05, 4.69) is 17.2 Å². The van der Waals surface area contributed by atoms with Crippen molar-refractivity contribution in [2.24, 2.45) is 0 Å². The third-order valence-corrected chi connectivity index (χ3v) is 2.78. The minimum Gasteiger partial charge on any atom is -0.363 e. The summed E-state index contributed by atoms with van der Waals surface area (Å²) in [5.74, 6) is 0. The van der Waals surface area contributed by atoms with Crippen LogP contribution < -0.4 is 5.32 Å². The summed E-state index contributed by atoms with van der Waals surface area (Å²) in [6.45, 7) is 3.95. The fraction of sp³-hybridized carbons (Fsp3) is 0.500. The average molecular weight is 237 g/mol. The molecule has 0 atom stereocenters. The third-order valence-electron chi connectivity index (χ3n) is 2.32. The van der Waals surface area contributed by atoms with Gasteiger partial charge in [0.15, 0.2) is 5.11 Å². The monoisotopic (exact) mass is 237 g/mol. The van der Waals surface area contributed by atoms with E-state index in [1.807, 2.05) is 24.1 Å². The Morgan fingerprint density at radius 3 is 2.75 bits per heavy atom. The Bertz CT molecular complexity index is 313. The Morgan fingerprint density at radius 1 is 1.44 bits per heavy atom. The van der Waals surface area contributed by atoms with Gasteiger partial charge in [-0.15, -0.1) is 0 Å². The summed E-state index contributed by atoms with van der Waals surface area (Å²) in [6, 6.07) is 4.01. The van der Waals surface area contributed by atoms with Gasteiger partial charge in [0.05, 0.1) is 0 Å². The maximum absolute atomic E-state index is 5.29. The molecule has 0 bridgehead atoms. The lowest BCUT2D eigenvalue weighted by molar-refractivity contribution is 0.487. The van der Waals surface area contributed by atoms with Crippen LogP contribution in [0, 0.1) is 0 Å². The lowest BCUT2D eigenvalue weighted by atomic mass is 10.2. The minimum absolute atomic E-state index is 0.810. The zero-order valence-electron chi connectivity index (χ0n) is 9.94. The van der Waals surface area contributed by atoms with Gasteiger partial charge in [0, 0.05) is 32.5 Å². The number of aromatic nitrogens is 1. The predicted octanol–water partition coefficient (Wildman–Crippen LogP) is 2.19. The van der Waals surface area contributed by atoms with E-state index in [0.29, 0.717) is 0 Å². The number of nitrogens with zero attached hydrogens (tertiary/aromatic N) is 2. The van der Waals surface area contributed by atoms with E-state index in [-0.39, 0.29) is 0 Å². The molecule has 0 unspecified atom stereocenters. The summed E-state index contributed by atoms with van der Waals surface area (Å²) in [4.78, 5) is 6.03. The summed E-state index contributed by atoms with van der Waals surface area (Å²) in [7, 11) is 2.00. The van der Waals surface area contributed by atoms with Crippen molar-refractivity contribution in [3.63, 3.8) is 0 Å². The van der Waals surface area contributed by atoms with Crippen LogP contribution in [0.25, 0.3) is 0 Å². The number of hydrogen-bond acceptors (Lipinski definition) is 2. The molecule has 16 heavy (non-hydrogen) atoms. The summed E-state index contributed by atoms with van der Waals surface area (Å²) >= 11 is 5.29. The Morgan fingerprint density at radius 2 is 2.12 bits per heavy atom. The van der Waals surface area contributed by atoms with Crippen molar-refractivity contribution >= 4 is 17.3 Å². The minimum atomic E-state index is 0.810. The molecule has 4 heteroatoms. The van der Waals surface area contributed by atoms with Crippen molar-refractivity contribution in [2.75, 3.05) is 13.6 Å². The van der Waals surface area contributed by atoms with Crippen LogP contribution in [0.4, 0.5) is 0 Å². The SMILES string of the molecule is CCCCNC(=S)N(C)Cc1ccncc1. The second-order valence-electron chi connectivity index (χ2n) is 3.80. The van der Waals surface area contributed by atoms with E-state index >= 15 is 0 Å². The number of nitrogens with one attached hydrogen (secondary N) is 1. The summed E-state index contributed by atoms with van der Waals surface area (Å²) in [6.07, 6.45) is 5.94. The first-order chi connectivity index (χ1) is 7.74. The van der Waals surface area contributed by atoms with Crippen LogP contribution in [0.2, 0.25) is 0 Å². The number of rotatable bonds is 5. The maximum atomic E-state index is 5.29. The van der Waals surface area contributed by atoms with E-state index in [9.17, 15) is 0 Å². The molecule has 0 aliphatic rings. The molecule has 0 aromatic carbocycles. The van der Waals surface area contributed by atoms with E-state index in [1.54, 1.807) is 12.4 Å². The normalized spacial score (nSPS) is 9.88. The zero-order valence-corrected chi connectivity index (χ0v) is 10.8. The summed E-state index contributed by atoms with van der Waals surface area (Å²) < 4.78 is 0. The fourth-order valence-electron chi connectivity index (χ4n) is 1.34. The Balaban J connectivity index is 2.34. The molecule has 3 nitrogen and oxygen atoms in total. The number of unbranched alkanes of at least 4 members (excludes halogenated alkanes) is 1. The standard InChI is InChI=1S/C12H19N3S/c1-3-4-7-14-12(16)15(2)10-11-5-8-13-9-6-11/h5-6,8-9H,3-4,7,10H2,1-2H3,(H,14,16). The molecule has 0 aliphatic carbocycles. The highest BCUT2D eigenvalue weighted by atomic mass is 32.1. The number of thiocarbonyl (C=S) groups is 1. The van der Waals surface area contributed by atoms with Crippen molar-refractivity contribution in [2.45, 2.75) is 26.3 Å². The van der Waals surface area contributed by atoms with Crippen LogP contribution in [0.1, 0.15) is 25.3 Å². The molecule has 1 heterocycles. The van der Waals surface area contributed by atoms with Gasteiger partial charge in [0.2, 0.25) is 0 Å². The van der Waals surface area contributed by atoms with Crippen molar-refractivity contribution in [3.05, 3.63) is 30.1 Å². The average Bonchev–Trinajstić information content (AvgIpc) is 2.30. The molecule has 0 spiro atoms. The van der Waals surface area contributed by atoms with Crippen LogP contribution >= 0.6 is 12.2 Å². The van der Waals surface area contributed by atoms with Gasteiger partial charge in [0.1, 0.15) is 0 Å². The van der Waals surface area contributed by atoms with Crippen LogP contribution in [0.15, 0.2) is 24.5 Å². The first-order valence-electron chi connectivity index (χ1n) is 5.62. The van der Waals surface area contributed by atoms with Gasteiger partial charge < -0.3 is 10.2 Å². The predicted molar refractivity (Wildman–Crippen MR) is 71.2 cm³/mol. The zero-order chi connectivity index (χ0) is 11.8. The quantitative estimate of drug-likeness (QED) is 0.627. The Hall–Kier alpha value is -1.16. The molecule has 0 fully saturated rings. The molecule has 0 saturated heterocycles. The molecule has 0 aliphatic heterocycles. The molecular formula is C12H19N3S. The van der Waals surface area contributed by atoms with E-state index in [4.69, 9.17) is 12.2 Å². The highest BCUT2D eigenvalue weighted by Gasteiger charge is 2.03. The van der Waals surface area contributed by atoms with Gasteiger partial charge in [-0.25, -0.2) is 0 Å². The van der Waals surface area contributed by atoms with E-state index in [1.165, 1.54) is 12.0 Å². The van der Waals surface area contributed by atoms with Crippen LogP contribution in [0.5, 0.6) is 0 Å². The second kappa shape index (κ2) is 7.17. The first kappa shape index (κ1) is 12.9. The van der Waals surface area contributed by atoms with Crippen molar-refractivity contribution in [1.29, 1.82) is 0 Å². The van der Waals surface area contributed by atoms with Gasteiger partial charge in [0.25, 0.3) is 0 Å². The number of hydrogen-bond donors (Lipinski definition) is 1. The van der Waals surface area contributed by atoms with Crippen molar-refractivity contribution in [3.8, 4) is 0 Å². The lowest BCUT2D eigenvalue weighted by Crippen LogP contribution is -2.36. The Labute approximate surface area is 103 Å². The second-order valence-corrected chi connectivity index (χ2v) is 4.18. The molecular weight excluding hydrogens is 218 g/mol. The molecule has 1 aromatic rings. The highest BCUT2D eigenvalue weighted by molar-refractivity contribution is 7.80. The number of pyridine rings is 1. The van der Waals surface area contributed by atoms with Crippen LogP contribution in [-0.2, 0) is 6.54 Å². The van der Waals surface area contributed by atoms with Gasteiger partial charge in [-0.2, -0.15) is 0 Å². The van der Waals surface area contributed by atoms with E-state index < -0.39 is 0 Å². The lowest BCUT2D eigenvalue weighted by Gasteiger charge is -2.20. The highest BCUT2D eigenvalue weighted by Crippen LogP contribution is 2.01. The van der Waals surface area contributed by atoms with Gasteiger partial charge in [-0.3, -0.25) is 4.98 Å². The molecule has 0 radical (unpaired) electrons. The molecule has 1 rings (SSSR count). The molecule has 1 N–H and O–H groups in total. The Kier molecular flexibility index (Phi) is 5.78. The molecule has 88 valence electrons. The largest absolute Gasteiger partial charge is 0.363 e. The van der Waals surface area contributed by atoms with Gasteiger partial charge >= 0.3 is 0 Å². The van der Waals surface area contributed by atoms with Crippen LogP contribution in [0.3, 0.4) is 0 Å². The maximum Gasteiger partial charge on any atom is 0.168 e.